The summed E-state index contributed by atoms with van der Waals surface area (Å²) in [5.74, 6) is 2.02. The predicted octanol–water partition coefficient (Wildman–Crippen LogP) is 3.43. The van der Waals surface area contributed by atoms with Crippen molar-refractivity contribution in [3.05, 3.63) is 53.6 Å². The van der Waals surface area contributed by atoms with Crippen molar-refractivity contribution in [2.45, 2.75) is 6.92 Å². The molecule has 2 aromatic rings. The van der Waals surface area contributed by atoms with Gasteiger partial charge >= 0.3 is 0 Å². The predicted molar refractivity (Wildman–Crippen MR) is 80.1 cm³/mol. The molecule has 0 unspecified atom stereocenters. The smallest absolute Gasteiger partial charge is 0.141 e. The van der Waals surface area contributed by atoms with Crippen molar-refractivity contribution in [3.63, 3.8) is 0 Å². The van der Waals surface area contributed by atoms with Gasteiger partial charge in [0.15, 0.2) is 0 Å². The topological polar surface area (TPSA) is 44.5 Å². The Kier molecular flexibility index (Phi) is 4.02. The molecule has 19 heavy (non-hydrogen) atoms. The molecule has 4 heteroatoms. The molecule has 0 aliphatic heterocycles. The molecule has 0 saturated heterocycles. The molecular formula is C15H15NO2S. The van der Waals surface area contributed by atoms with E-state index in [1.807, 2.05) is 31.2 Å². The van der Waals surface area contributed by atoms with Gasteiger partial charge in [0.2, 0.25) is 0 Å². The minimum atomic E-state index is 0.296. The third-order valence-corrected chi connectivity index (χ3v) is 2.92. The number of hydrogen-bond donors (Lipinski definition) is 1. The van der Waals surface area contributed by atoms with Crippen LogP contribution in [0, 0.1) is 6.92 Å². The van der Waals surface area contributed by atoms with Crippen LogP contribution in [0.3, 0.4) is 0 Å². The molecular weight excluding hydrogens is 258 g/mol. The lowest BCUT2D eigenvalue weighted by Crippen LogP contribution is -2.10. The number of hydrogen-bond acceptors (Lipinski definition) is 3. The molecule has 0 amide bonds. The van der Waals surface area contributed by atoms with E-state index in [-0.39, 0.29) is 0 Å². The fraction of sp³-hybridized carbons (Fsp3) is 0.133. The van der Waals surface area contributed by atoms with Gasteiger partial charge < -0.3 is 15.2 Å². The lowest BCUT2D eigenvalue weighted by molar-refractivity contribution is 0.409. The molecule has 0 aliphatic carbocycles. The first-order valence-electron chi connectivity index (χ1n) is 5.82. The van der Waals surface area contributed by atoms with E-state index in [0.717, 1.165) is 5.75 Å². The number of aryl methyl sites for hydroxylation is 1. The van der Waals surface area contributed by atoms with Crippen LogP contribution in [0.1, 0.15) is 11.1 Å². The van der Waals surface area contributed by atoms with Crippen LogP contribution in [-0.2, 0) is 0 Å². The van der Waals surface area contributed by atoms with E-state index in [4.69, 9.17) is 27.4 Å². The van der Waals surface area contributed by atoms with Gasteiger partial charge in [0.05, 0.1) is 12.7 Å². The van der Waals surface area contributed by atoms with Gasteiger partial charge in [0, 0.05) is 6.07 Å². The zero-order valence-corrected chi connectivity index (χ0v) is 11.7. The molecule has 2 N–H and O–H groups in total. The molecule has 2 aromatic carbocycles. The van der Waals surface area contributed by atoms with Gasteiger partial charge in [-0.1, -0.05) is 29.9 Å². The Labute approximate surface area is 118 Å². The maximum Gasteiger partial charge on any atom is 0.141 e. The average Bonchev–Trinajstić information content (AvgIpc) is 2.41. The molecule has 2 rings (SSSR count). The second-order valence-corrected chi connectivity index (χ2v) is 4.58. The minimum absolute atomic E-state index is 0.296. The summed E-state index contributed by atoms with van der Waals surface area (Å²) in [7, 11) is 1.60. The number of benzene rings is 2. The van der Waals surface area contributed by atoms with Crippen molar-refractivity contribution in [2.75, 3.05) is 7.11 Å². The lowest BCUT2D eigenvalue weighted by atomic mass is 10.2. The van der Waals surface area contributed by atoms with E-state index in [2.05, 4.69) is 0 Å². The van der Waals surface area contributed by atoms with Crippen LogP contribution in [-0.4, -0.2) is 12.1 Å². The van der Waals surface area contributed by atoms with E-state index < -0.39 is 0 Å². The van der Waals surface area contributed by atoms with Gasteiger partial charge in [0.1, 0.15) is 22.2 Å². The molecule has 0 aromatic heterocycles. The quantitative estimate of drug-likeness (QED) is 0.867. The standard InChI is InChI=1S/C15H15NO2S/c1-10-3-5-11(6-4-10)18-14-9-12(17-2)7-8-13(14)15(16)19/h3-9H,1-2H3,(H2,16,19). The van der Waals surface area contributed by atoms with Crippen LogP contribution >= 0.6 is 12.2 Å². The Bertz CT molecular complexity index is 594. The number of nitrogens with two attached hydrogens (primary N) is 1. The second kappa shape index (κ2) is 5.71. The number of methoxy groups -OCH3 is 1. The Hall–Kier alpha value is -2.07. The highest BCUT2D eigenvalue weighted by molar-refractivity contribution is 7.80. The first-order valence-corrected chi connectivity index (χ1v) is 6.23. The van der Waals surface area contributed by atoms with Crippen LogP contribution in [0.15, 0.2) is 42.5 Å². The second-order valence-electron chi connectivity index (χ2n) is 4.14. The normalized spacial score (nSPS) is 10.0. The molecule has 3 nitrogen and oxygen atoms in total. The third kappa shape index (κ3) is 3.23. The summed E-state index contributed by atoms with van der Waals surface area (Å²) in [6.07, 6.45) is 0. The fourth-order valence-corrected chi connectivity index (χ4v) is 1.82. The van der Waals surface area contributed by atoms with Crippen LogP contribution < -0.4 is 15.2 Å². The van der Waals surface area contributed by atoms with Gasteiger partial charge in [-0.3, -0.25) is 0 Å². The van der Waals surface area contributed by atoms with Crippen LogP contribution in [0.2, 0.25) is 0 Å². The van der Waals surface area contributed by atoms with Gasteiger partial charge in [-0.2, -0.15) is 0 Å². The van der Waals surface area contributed by atoms with E-state index in [9.17, 15) is 0 Å². The minimum Gasteiger partial charge on any atom is -0.497 e. The summed E-state index contributed by atoms with van der Waals surface area (Å²) in [5.41, 5.74) is 7.56. The van der Waals surface area contributed by atoms with Crippen molar-refractivity contribution in [3.8, 4) is 17.2 Å². The fourth-order valence-electron chi connectivity index (χ4n) is 1.65. The highest BCUT2D eigenvalue weighted by Gasteiger charge is 2.09. The van der Waals surface area contributed by atoms with Gasteiger partial charge in [0.25, 0.3) is 0 Å². The molecule has 0 saturated carbocycles. The molecule has 98 valence electrons. The van der Waals surface area contributed by atoms with Crippen molar-refractivity contribution < 1.29 is 9.47 Å². The molecule has 0 radical (unpaired) electrons. The SMILES string of the molecule is COc1ccc(C(N)=S)c(Oc2ccc(C)cc2)c1. The Balaban J connectivity index is 2.36. The summed E-state index contributed by atoms with van der Waals surface area (Å²) >= 11 is 5.02. The third-order valence-electron chi connectivity index (χ3n) is 2.70. The Morgan fingerprint density at radius 2 is 1.68 bits per heavy atom. The molecule has 0 aliphatic rings. The van der Waals surface area contributed by atoms with E-state index in [1.165, 1.54) is 5.56 Å². The molecule has 0 atom stereocenters. The van der Waals surface area contributed by atoms with E-state index in [0.29, 0.717) is 22.1 Å². The number of rotatable bonds is 4. The molecule has 0 spiro atoms. The summed E-state index contributed by atoms with van der Waals surface area (Å²) in [6, 6.07) is 13.1. The summed E-state index contributed by atoms with van der Waals surface area (Å²) in [5, 5.41) is 0. The van der Waals surface area contributed by atoms with Crippen LogP contribution in [0.25, 0.3) is 0 Å². The average molecular weight is 273 g/mol. The van der Waals surface area contributed by atoms with Gasteiger partial charge in [-0.25, -0.2) is 0 Å². The maximum atomic E-state index is 5.82. The first-order chi connectivity index (χ1) is 9.10. The van der Waals surface area contributed by atoms with Gasteiger partial charge in [-0.15, -0.1) is 0 Å². The van der Waals surface area contributed by atoms with Crippen molar-refractivity contribution in [1.29, 1.82) is 0 Å². The Morgan fingerprint density at radius 1 is 1.05 bits per heavy atom. The zero-order valence-electron chi connectivity index (χ0n) is 10.8. The van der Waals surface area contributed by atoms with Gasteiger partial charge in [-0.05, 0) is 31.2 Å². The maximum absolute atomic E-state index is 5.82. The Morgan fingerprint density at radius 3 is 2.26 bits per heavy atom. The van der Waals surface area contributed by atoms with Crippen molar-refractivity contribution >= 4 is 17.2 Å². The van der Waals surface area contributed by atoms with E-state index in [1.54, 1.807) is 25.3 Å². The zero-order chi connectivity index (χ0) is 13.8. The molecule has 0 bridgehead atoms. The van der Waals surface area contributed by atoms with Crippen molar-refractivity contribution in [1.82, 2.24) is 0 Å². The summed E-state index contributed by atoms with van der Waals surface area (Å²) in [4.78, 5) is 0.296. The van der Waals surface area contributed by atoms with Crippen LogP contribution in [0.4, 0.5) is 0 Å². The number of thiocarbonyl (C=S) groups is 1. The first kappa shape index (κ1) is 13.4. The lowest BCUT2D eigenvalue weighted by Gasteiger charge is -2.12. The highest BCUT2D eigenvalue weighted by atomic mass is 32.1. The van der Waals surface area contributed by atoms with E-state index >= 15 is 0 Å². The highest BCUT2D eigenvalue weighted by Crippen LogP contribution is 2.29. The summed E-state index contributed by atoms with van der Waals surface area (Å²) in [6.45, 7) is 2.02. The van der Waals surface area contributed by atoms with Crippen LogP contribution in [0.5, 0.6) is 17.2 Å². The molecule has 0 fully saturated rings. The van der Waals surface area contributed by atoms with Crippen molar-refractivity contribution in [2.24, 2.45) is 5.73 Å². The monoisotopic (exact) mass is 273 g/mol. The largest absolute Gasteiger partial charge is 0.497 e. The summed E-state index contributed by atoms with van der Waals surface area (Å²) < 4.78 is 11.0. The number of ether oxygens (including phenoxy) is 2. The molecule has 0 heterocycles.